The van der Waals surface area contributed by atoms with Crippen molar-refractivity contribution in [3.8, 4) is 17.1 Å². The number of carbonyl (C=O) groups is 1. The number of aromatic nitrogens is 4. The summed E-state index contributed by atoms with van der Waals surface area (Å²) in [5.41, 5.74) is 2.18. The van der Waals surface area contributed by atoms with Gasteiger partial charge in [0.25, 0.3) is 0 Å². The van der Waals surface area contributed by atoms with E-state index in [1.165, 1.54) is 0 Å². The number of aromatic amines is 1. The summed E-state index contributed by atoms with van der Waals surface area (Å²) in [6.07, 6.45) is 3.91. The first-order chi connectivity index (χ1) is 21.4. The molecule has 0 saturated carbocycles. The highest BCUT2D eigenvalue weighted by molar-refractivity contribution is 6.35. The van der Waals surface area contributed by atoms with Crippen molar-refractivity contribution in [1.82, 2.24) is 30.0 Å². The van der Waals surface area contributed by atoms with Gasteiger partial charge in [-0.05, 0) is 71.7 Å². The normalized spacial score (nSPS) is 19.1. The number of hydrogen-bond acceptors (Lipinski definition) is 8. The van der Waals surface area contributed by atoms with Gasteiger partial charge in [-0.1, -0.05) is 17.7 Å². The molecule has 0 unspecified atom stereocenters. The van der Waals surface area contributed by atoms with E-state index < -0.39 is 11.4 Å². The molecule has 3 fully saturated rings. The number of likely N-dealkylation sites (tertiary alicyclic amines) is 2. The van der Waals surface area contributed by atoms with Gasteiger partial charge in [0.2, 0.25) is 0 Å². The molecule has 3 aliphatic heterocycles. The smallest absolute Gasteiger partial charge is 0.410 e. The Balaban J connectivity index is 1.27. The van der Waals surface area contributed by atoms with Crippen molar-refractivity contribution < 1.29 is 18.7 Å². The summed E-state index contributed by atoms with van der Waals surface area (Å²) in [4.78, 5) is 28.4. The molecular weight excluding hydrogens is 597 g/mol. The van der Waals surface area contributed by atoms with Gasteiger partial charge < -0.3 is 24.2 Å². The van der Waals surface area contributed by atoms with Crippen molar-refractivity contribution in [2.24, 2.45) is 5.41 Å². The number of ether oxygens (including phenoxy) is 2. The number of rotatable bonds is 4. The molecule has 45 heavy (non-hydrogen) atoms. The molecule has 0 radical (unpaired) electrons. The summed E-state index contributed by atoms with van der Waals surface area (Å²) in [6, 6.07) is 5.80. The van der Waals surface area contributed by atoms with Gasteiger partial charge in [-0.25, -0.2) is 9.18 Å². The second kappa shape index (κ2) is 11.0. The van der Waals surface area contributed by atoms with E-state index in [0.29, 0.717) is 42.9 Å². The van der Waals surface area contributed by atoms with Crippen LogP contribution in [0.15, 0.2) is 24.4 Å². The third-order valence-electron chi connectivity index (χ3n) is 9.30. The molecule has 238 valence electrons. The highest BCUT2D eigenvalue weighted by Crippen LogP contribution is 2.46. The monoisotopic (exact) mass is 635 g/mol. The van der Waals surface area contributed by atoms with Gasteiger partial charge in [-0.2, -0.15) is 15.1 Å². The Bertz CT molecular complexity index is 1790. The SMILES string of the molecule is Cc1ccc2[nH]ncc2c1-c1c(Cl)cc2c(N3CCC4(CN(C(=O)OC(C)(C)C)C4)C3)nc(OC3CCN(C)CC3)nc2c1F. The van der Waals surface area contributed by atoms with Gasteiger partial charge >= 0.3 is 12.1 Å². The minimum atomic E-state index is -0.546. The number of fused-ring (bicyclic) bond motifs is 2. The molecule has 3 aliphatic rings. The van der Waals surface area contributed by atoms with E-state index in [2.05, 4.69) is 32.0 Å². The van der Waals surface area contributed by atoms with Crippen LogP contribution >= 0.6 is 11.6 Å². The summed E-state index contributed by atoms with van der Waals surface area (Å²) >= 11 is 6.93. The van der Waals surface area contributed by atoms with Crippen LogP contribution in [0, 0.1) is 18.2 Å². The van der Waals surface area contributed by atoms with Crippen LogP contribution in [0.25, 0.3) is 32.9 Å². The van der Waals surface area contributed by atoms with Gasteiger partial charge in [0.05, 0.1) is 16.7 Å². The first kappa shape index (κ1) is 30.0. The highest BCUT2D eigenvalue weighted by atomic mass is 35.5. The lowest BCUT2D eigenvalue weighted by Crippen LogP contribution is -2.60. The molecule has 10 nitrogen and oxygen atoms in total. The Labute approximate surface area is 266 Å². The molecule has 4 aromatic rings. The van der Waals surface area contributed by atoms with Crippen molar-refractivity contribution in [2.75, 3.05) is 51.2 Å². The predicted octanol–water partition coefficient (Wildman–Crippen LogP) is 6.19. The fourth-order valence-electron chi connectivity index (χ4n) is 6.99. The number of nitrogens with zero attached hydrogens (tertiary/aromatic N) is 6. The van der Waals surface area contributed by atoms with Crippen molar-refractivity contribution in [3.63, 3.8) is 0 Å². The van der Waals surface area contributed by atoms with E-state index in [4.69, 9.17) is 26.1 Å². The zero-order valence-electron chi connectivity index (χ0n) is 26.4. The van der Waals surface area contributed by atoms with Crippen molar-refractivity contribution in [2.45, 2.75) is 58.7 Å². The maximum atomic E-state index is 16.9. The number of amides is 1. The third-order valence-corrected chi connectivity index (χ3v) is 9.60. The molecule has 7 rings (SSSR count). The average molecular weight is 636 g/mol. The molecular formula is C33H39ClFN7O3. The Morgan fingerprint density at radius 1 is 1.09 bits per heavy atom. The topological polar surface area (TPSA) is 99.7 Å². The van der Waals surface area contributed by atoms with Gasteiger partial charge in [0, 0.05) is 66.6 Å². The molecule has 1 amide bonds. The molecule has 2 aromatic carbocycles. The van der Waals surface area contributed by atoms with Gasteiger partial charge in [0.1, 0.15) is 23.0 Å². The van der Waals surface area contributed by atoms with Crippen LogP contribution in [-0.4, -0.2) is 94.1 Å². The summed E-state index contributed by atoms with van der Waals surface area (Å²) in [6.45, 7) is 12.0. The molecule has 1 spiro atoms. The summed E-state index contributed by atoms with van der Waals surface area (Å²) in [5, 5.41) is 8.76. The first-order valence-corrected chi connectivity index (χ1v) is 16.0. The van der Waals surface area contributed by atoms with Crippen LogP contribution in [0.4, 0.5) is 15.0 Å². The number of anilines is 1. The highest BCUT2D eigenvalue weighted by Gasteiger charge is 2.51. The molecule has 2 aromatic heterocycles. The van der Waals surface area contributed by atoms with E-state index in [0.717, 1.165) is 48.8 Å². The van der Waals surface area contributed by atoms with Crippen LogP contribution in [-0.2, 0) is 4.74 Å². The Morgan fingerprint density at radius 3 is 2.58 bits per heavy atom. The van der Waals surface area contributed by atoms with Gasteiger partial charge in [-0.3, -0.25) is 5.10 Å². The molecule has 0 aliphatic carbocycles. The Kier molecular flexibility index (Phi) is 7.31. The van der Waals surface area contributed by atoms with Crippen LogP contribution in [0.2, 0.25) is 5.02 Å². The average Bonchev–Trinajstić information content (AvgIpc) is 3.62. The van der Waals surface area contributed by atoms with E-state index in [1.807, 2.05) is 39.8 Å². The maximum absolute atomic E-state index is 16.9. The van der Waals surface area contributed by atoms with Gasteiger partial charge in [0.15, 0.2) is 5.82 Å². The summed E-state index contributed by atoms with van der Waals surface area (Å²) < 4.78 is 28.8. The number of H-pyrrole nitrogens is 1. The predicted molar refractivity (Wildman–Crippen MR) is 173 cm³/mol. The zero-order chi connectivity index (χ0) is 31.7. The number of benzene rings is 2. The number of piperidine rings is 1. The number of nitrogens with one attached hydrogen (secondary N) is 1. The minimum absolute atomic E-state index is 0.0535. The molecule has 1 N–H and O–H groups in total. The van der Waals surface area contributed by atoms with Crippen molar-refractivity contribution in [3.05, 3.63) is 40.8 Å². The van der Waals surface area contributed by atoms with Crippen LogP contribution in [0.5, 0.6) is 6.01 Å². The van der Waals surface area contributed by atoms with E-state index in [9.17, 15) is 4.79 Å². The standard InChI is InChI=1S/C33H39ClFN7O3/c1-19-6-7-24-22(15-36-39-24)25(19)26-23(34)14-21-28(27(26)35)37-30(44-20-8-11-40(5)12-9-20)38-29(21)41-13-10-33(16-41)17-42(18-33)31(43)45-32(2,3)4/h6-7,14-15,20H,8-13,16-18H2,1-5H3,(H,36,39). The molecule has 3 saturated heterocycles. The lowest BCUT2D eigenvalue weighted by Gasteiger charge is -2.47. The lowest BCUT2D eigenvalue weighted by molar-refractivity contribution is -0.0266. The molecule has 0 atom stereocenters. The van der Waals surface area contributed by atoms with Crippen molar-refractivity contribution >= 4 is 45.3 Å². The number of aryl methyl sites for hydroxylation is 1. The second-order valence-corrected chi connectivity index (χ2v) is 14.4. The molecule has 12 heteroatoms. The third kappa shape index (κ3) is 5.54. The molecule has 0 bridgehead atoms. The Morgan fingerprint density at radius 2 is 1.84 bits per heavy atom. The van der Waals surface area contributed by atoms with Gasteiger partial charge in [-0.15, -0.1) is 0 Å². The summed E-state index contributed by atoms with van der Waals surface area (Å²) in [7, 11) is 2.09. The number of halogens is 2. The van der Waals surface area contributed by atoms with Crippen LogP contribution < -0.4 is 9.64 Å². The van der Waals surface area contributed by atoms with E-state index in [1.54, 1.807) is 17.2 Å². The summed E-state index contributed by atoms with van der Waals surface area (Å²) in [5.74, 6) is 0.0842. The van der Waals surface area contributed by atoms with E-state index >= 15 is 4.39 Å². The number of hydrogen-bond donors (Lipinski definition) is 1. The minimum Gasteiger partial charge on any atom is -0.460 e. The van der Waals surface area contributed by atoms with Crippen LogP contribution in [0.1, 0.15) is 45.6 Å². The zero-order valence-corrected chi connectivity index (χ0v) is 27.2. The Hall–Kier alpha value is -3.70. The largest absolute Gasteiger partial charge is 0.460 e. The fraction of sp³-hybridized carbons (Fsp3) is 0.515. The molecule has 5 heterocycles. The first-order valence-electron chi connectivity index (χ1n) is 15.6. The fourth-order valence-corrected chi connectivity index (χ4v) is 7.27. The second-order valence-electron chi connectivity index (χ2n) is 14.0. The van der Waals surface area contributed by atoms with Crippen molar-refractivity contribution in [1.29, 1.82) is 0 Å². The number of carbonyl (C=O) groups excluding carboxylic acids is 1. The lowest BCUT2D eigenvalue weighted by atomic mass is 9.79. The maximum Gasteiger partial charge on any atom is 0.410 e. The quantitative estimate of drug-likeness (QED) is 0.283. The van der Waals surface area contributed by atoms with E-state index in [-0.39, 0.29) is 39.7 Å². The van der Waals surface area contributed by atoms with Crippen LogP contribution in [0.3, 0.4) is 0 Å².